The monoisotopic (exact) mass is 297 g/mol. The first-order valence-corrected chi connectivity index (χ1v) is 8.39. The summed E-state index contributed by atoms with van der Waals surface area (Å²) in [5.74, 6) is 0.488. The van der Waals surface area contributed by atoms with Crippen LogP contribution in [-0.4, -0.2) is 54.5 Å². The van der Waals surface area contributed by atoms with Crippen molar-refractivity contribution >= 4 is 5.91 Å². The molecule has 0 N–H and O–H groups in total. The van der Waals surface area contributed by atoms with Crippen molar-refractivity contribution in [2.75, 3.05) is 19.8 Å². The highest BCUT2D eigenvalue weighted by atomic mass is 19.1. The number of likely N-dealkylation sites (tertiary alicyclic amines) is 1. The van der Waals surface area contributed by atoms with Crippen molar-refractivity contribution in [3.63, 3.8) is 0 Å². The summed E-state index contributed by atoms with van der Waals surface area (Å²) >= 11 is 0. The number of rotatable bonds is 5. The van der Waals surface area contributed by atoms with Crippen molar-refractivity contribution in [2.24, 2.45) is 5.92 Å². The lowest BCUT2D eigenvalue weighted by Gasteiger charge is -2.36. The number of fused-ring (bicyclic) bond motifs is 1. The fourth-order valence-electron chi connectivity index (χ4n) is 3.60. The van der Waals surface area contributed by atoms with E-state index < -0.39 is 5.67 Å². The van der Waals surface area contributed by atoms with Crippen molar-refractivity contribution in [1.29, 1.82) is 0 Å². The lowest BCUT2D eigenvalue weighted by molar-refractivity contribution is -0.145. The Morgan fingerprint density at radius 1 is 1.19 bits per heavy atom. The second-order valence-electron chi connectivity index (χ2n) is 7.17. The van der Waals surface area contributed by atoms with E-state index in [0.717, 1.165) is 31.8 Å². The maximum atomic E-state index is 14.0. The standard InChI is InChI=1S/C16H24FNO3/c17-16(6-7-16)15(19)18-8-5-14-13(18)4-3-12(21-14)10-20-9-11-1-2-11/h11-14H,1-10H2/t12-,13+,14+/m0/s1. The first-order valence-electron chi connectivity index (χ1n) is 8.39. The van der Waals surface area contributed by atoms with Gasteiger partial charge in [-0.3, -0.25) is 4.79 Å². The van der Waals surface area contributed by atoms with Gasteiger partial charge in [-0.15, -0.1) is 0 Å². The third-order valence-corrected chi connectivity index (χ3v) is 5.32. The number of hydrogen-bond acceptors (Lipinski definition) is 3. The summed E-state index contributed by atoms with van der Waals surface area (Å²) in [7, 11) is 0. The molecule has 2 aliphatic carbocycles. The molecule has 21 heavy (non-hydrogen) atoms. The number of halogens is 1. The molecule has 118 valence electrons. The smallest absolute Gasteiger partial charge is 0.260 e. The third kappa shape index (κ3) is 2.82. The van der Waals surface area contributed by atoms with Crippen LogP contribution in [0.1, 0.15) is 44.9 Å². The van der Waals surface area contributed by atoms with Crippen LogP contribution in [0.5, 0.6) is 0 Å². The molecule has 0 aromatic heterocycles. The predicted molar refractivity (Wildman–Crippen MR) is 74.6 cm³/mol. The molecule has 3 atom stereocenters. The van der Waals surface area contributed by atoms with Crippen LogP contribution in [0.15, 0.2) is 0 Å². The van der Waals surface area contributed by atoms with Crippen LogP contribution in [0.3, 0.4) is 0 Å². The molecule has 1 amide bonds. The van der Waals surface area contributed by atoms with Crippen molar-refractivity contribution in [3.8, 4) is 0 Å². The van der Waals surface area contributed by atoms with E-state index in [0.29, 0.717) is 26.0 Å². The predicted octanol–water partition coefficient (Wildman–Crippen LogP) is 2.06. The summed E-state index contributed by atoms with van der Waals surface area (Å²) in [4.78, 5) is 13.9. The van der Waals surface area contributed by atoms with Crippen LogP contribution in [0.4, 0.5) is 4.39 Å². The molecule has 0 unspecified atom stereocenters. The Balaban J connectivity index is 1.28. The van der Waals surface area contributed by atoms with Gasteiger partial charge < -0.3 is 14.4 Å². The highest BCUT2D eigenvalue weighted by Gasteiger charge is 2.56. The highest BCUT2D eigenvalue weighted by Crippen LogP contribution is 2.44. The van der Waals surface area contributed by atoms with Gasteiger partial charge in [0.1, 0.15) is 0 Å². The number of carbonyl (C=O) groups excluding carboxylic acids is 1. The highest BCUT2D eigenvalue weighted by molar-refractivity contribution is 5.88. The molecular weight excluding hydrogens is 273 g/mol. The van der Waals surface area contributed by atoms with E-state index in [2.05, 4.69) is 0 Å². The molecule has 2 saturated heterocycles. The average Bonchev–Trinajstić information content (AvgIpc) is 3.39. The number of hydrogen-bond donors (Lipinski definition) is 0. The minimum atomic E-state index is -1.54. The summed E-state index contributed by atoms with van der Waals surface area (Å²) in [6, 6.07) is 0.0883. The molecule has 0 aromatic rings. The van der Waals surface area contributed by atoms with E-state index in [4.69, 9.17) is 9.47 Å². The first kappa shape index (κ1) is 13.9. The lowest BCUT2D eigenvalue weighted by atomic mass is 9.99. The molecule has 5 heteroatoms. The van der Waals surface area contributed by atoms with E-state index in [-0.39, 0.29) is 24.2 Å². The number of alkyl halides is 1. The lowest BCUT2D eigenvalue weighted by Crippen LogP contribution is -2.48. The van der Waals surface area contributed by atoms with Gasteiger partial charge in [0.15, 0.2) is 5.67 Å². The number of ether oxygens (including phenoxy) is 2. The minimum absolute atomic E-state index is 0.0829. The van der Waals surface area contributed by atoms with E-state index in [1.54, 1.807) is 4.90 Å². The molecule has 4 fully saturated rings. The Labute approximate surface area is 125 Å². The van der Waals surface area contributed by atoms with Crippen LogP contribution in [-0.2, 0) is 14.3 Å². The van der Waals surface area contributed by atoms with Crippen molar-refractivity contribution in [2.45, 2.75) is 68.9 Å². The van der Waals surface area contributed by atoms with Gasteiger partial charge in [0, 0.05) is 13.2 Å². The maximum Gasteiger partial charge on any atom is 0.260 e. The Morgan fingerprint density at radius 2 is 2.00 bits per heavy atom. The topological polar surface area (TPSA) is 38.8 Å². The zero-order chi connectivity index (χ0) is 14.4. The quantitative estimate of drug-likeness (QED) is 0.780. The van der Waals surface area contributed by atoms with E-state index in [1.807, 2.05) is 0 Å². The molecule has 0 spiro atoms. The second-order valence-corrected chi connectivity index (χ2v) is 7.17. The number of carbonyl (C=O) groups is 1. The summed E-state index contributed by atoms with van der Waals surface area (Å²) in [5, 5.41) is 0. The van der Waals surface area contributed by atoms with Crippen LogP contribution in [0, 0.1) is 5.92 Å². The summed E-state index contributed by atoms with van der Waals surface area (Å²) in [6.07, 6.45) is 6.32. The van der Waals surface area contributed by atoms with E-state index in [1.165, 1.54) is 12.8 Å². The van der Waals surface area contributed by atoms with Crippen LogP contribution < -0.4 is 0 Å². The molecule has 4 rings (SSSR count). The van der Waals surface area contributed by atoms with Crippen molar-refractivity contribution in [1.82, 2.24) is 4.90 Å². The molecule has 4 nitrogen and oxygen atoms in total. The Morgan fingerprint density at radius 3 is 2.71 bits per heavy atom. The summed E-state index contributed by atoms with van der Waals surface area (Å²) in [5.41, 5.74) is -1.54. The number of amides is 1. The molecule has 2 saturated carbocycles. The van der Waals surface area contributed by atoms with Gasteiger partial charge >= 0.3 is 0 Å². The van der Waals surface area contributed by atoms with Crippen LogP contribution >= 0.6 is 0 Å². The number of nitrogens with zero attached hydrogens (tertiary/aromatic N) is 1. The molecule has 2 heterocycles. The molecule has 0 radical (unpaired) electrons. The molecular formula is C16H24FNO3. The minimum Gasteiger partial charge on any atom is -0.378 e. The van der Waals surface area contributed by atoms with Gasteiger partial charge in [0.25, 0.3) is 5.91 Å². The van der Waals surface area contributed by atoms with E-state index in [9.17, 15) is 9.18 Å². The second kappa shape index (κ2) is 5.20. The summed E-state index contributed by atoms with van der Waals surface area (Å²) < 4.78 is 25.8. The summed E-state index contributed by atoms with van der Waals surface area (Å²) in [6.45, 7) is 2.18. The van der Waals surface area contributed by atoms with Crippen molar-refractivity contribution in [3.05, 3.63) is 0 Å². The molecule has 0 bridgehead atoms. The average molecular weight is 297 g/mol. The van der Waals surface area contributed by atoms with Gasteiger partial charge in [-0.25, -0.2) is 4.39 Å². The Kier molecular flexibility index (Phi) is 3.45. The van der Waals surface area contributed by atoms with Gasteiger partial charge in [-0.1, -0.05) is 0 Å². The van der Waals surface area contributed by atoms with E-state index >= 15 is 0 Å². The zero-order valence-electron chi connectivity index (χ0n) is 12.4. The Hall–Kier alpha value is -0.680. The first-order chi connectivity index (χ1) is 10.2. The van der Waals surface area contributed by atoms with Crippen molar-refractivity contribution < 1.29 is 18.7 Å². The van der Waals surface area contributed by atoms with Gasteiger partial charge in [0.2, 0.25) is 0 Å². The largest absolute Gasteiger partial charge is 0.378 e. The SMILES string of the molecule is O=C(N1CC[C@H]2O[C@H](COCC3CC3)CC[C@H]21)C1(F)CC1. The Bertz CT molecular complexity index is 422. The molecule has 4 aliphatic rings. The van der Waals surface area contributed by atoms with Crippen LogP contribution in [0.25, 0.3) is 0 Å². The van der Waals surface area contributed by atoms with Gasteiger partial charge in [-0.2, -0.15) is 0 Å². The third-order valence-electron chi connectivity index (χ3n) is 5.32. The fraction of sp³-hybridized carbons (Fsp3) is 0.938. The molecule has 2 aliphatic heterocycles. The maximum absolute atomic E-state index is 14.0. The fourth-order valence-corrected chi connectivity index (χ4v) is 3.60. The molecule has 0 aromatic carbocycles. The van der Waals surface area contributed by atoms with Crippen LogP contribution in [0.2, 0.25) is 0 Å². The zero-order valence-corrected chi connectivity index (χ0v) is 12.4. The normalized spacial score (nSPS) is 37.4. The van der Waals surface area contributed by atoms with Gasteiger partial charge in [-0.05, 0) is 50.9 Å². The van der Waals surface area contributed by atoms with Gasteiger partial charge in [0.05, 0.1) is 24.9 Å².